The van der Waals surface area contributed by atoms with Crippen molar-refractivity contribution in [3.05, 3.63) is 83.4 Å². The van der Waals surface area contributed by atoms with Gasteiger partial charge in [-0.05, 0) is 55.2 Å². The van der Waals surface area contributed by atoms with Crippen LogP contribution in [0.15, 0.2) is 77.7 Å². The molecule has 1 N–H and O–H groups in total. The molecule has 11 heteroatoms. The first-order valence-corrected chi connectivity index (χ1v) is 16.1. The molecule has 0 aliphatic heterocycles. The van der Waals surface area contributed by atoms with Crippen molar-refractivity contribution < 1.29 is 27.5 Å². The van der Waals surface area contributed by atoms with Gasteiger partial charge in [0.25, 0.3) is 10.0 Å². The van der Waals surface area contributed by atoms with Crippen molar-refractivity contribution in [1.82, 2.24) is 10.2 Å². The molecule has 0 radical (unpaired) electrons. The first kappa shape index (κ1) is 32.2. The van der Waals surface area contributed by atoms with Gasteiger partial charge in [-0.25, -0.2) is 8.42 Å². The smallest absolute Gasteiger partial charge is 0.264 e. The van der Waals surface area contributed by atoms with E-state index in [1.54, 1.807) is 54.6 Å². The molecular formula is C32H38ClN3O6S. The number of hydrogen-bond donors (Lipinski definition) is 1. The Labute approximate surface area is 258 Å². The quantitative estimate of drug-likeness (QED) is 0.271. The summed E-state index contributed by atoms with van der Waals surface area (Å²) in [6, 6.07) is 18.8. The number of carbonyl (C=O) groups is 2. The Balaban J connectivity index is 1.75. The van der Waals surface area contributed by atoms with Crippen molar-refractivity contribution in [2.45, 2.75) is 62.6 Å². The number of ether oxygens (including phenoxy) is 2. The molecule has 1 fully saturated rings. The van der Waals surface area contributed by atoms with Crippen LogP contribution < -0.4 is 19.1 Å². The number of sulfonamides is 1. The second-order valence-electron chi connectivity index (χ2n) is 10.4. The Kier molecular flexibility index (Phi) is 10.9. The van der Waals surface area contributed by atoms with Crippen LogP contribution >= 0.6 is 11.6 Å². The van der Waals surface area contributed by atoms with Gasteiger partial charge in [-0.15, -0.1) is 0 Å². The third-order valence-corrected chi connectivity index (χ3v) is 9.81. The van der Waals surface area contributed by atoms with Crippen LogP contribution in [0.2, 0.25) is 5.02 Å². The molecule has 0 unspecified atom stereocenters. The van der Waals surface area contributed by atoms with Crippen LogP contribution in [0.3, 0.4) is 0 Å². The number of nitrogens with one attached hydrogen (secondary N) is 1. The fourth-order valence-electron chi connectivity index (χ4n) is 5.33. The number of methoxy groups -OCH3 is 2. The minimum atomic E-state index is -4.22. The molecule has 4 rings (SSSR count). The molecule has 43 heavy (non-hydrogen) atoms. The monoisotopic (exact) mass is 627 g/mol. The highest BCUT2D eigenvalue weighted by Gasteiger charge is 2.35. The average Bonchev–Trinajstić information content (AvgIpc) is 3.53. The van der Waals surface area contributed by atoms with Crippen molar-refractivity contribution in [2.75, 3.05) is 25.1 Å². The topological polar surface area (TPSA) is 105 Å². The number of halogens is 1. The molecule has 0 saturated heterocycles. The summed E-state index contributed by atoms with van der Waals surface area (Å²) >= 11 is 6.48. The Morgan fingerprint density at radius 1 is 0.953 bits per heavy atom. The Hall–Kier alpha value is -3.76. The zero-order valence-electron chi connectivity index (χ0n) is 24.7. The van der Waals surface area contributed by atoms with Crippen LogP contribution in [0.4, 0.5) is 5.69 Å². The molecule has 1 aliphatic carbocycles. The zero-order valence-corrected chi connectivity index (χ0v) is 26.2. The van der Waals surface area contributed by atoms with Gasteiger partial charge in [0.2, 0.25) is 11.8 Å². The minimum absolute atomic E-state index is 0.0151. The van der Waals surface area contributed by atoms with E-state index in [2.05, 4.69) is 5.32 Å². The van der Waals surface area contributed by atoms with E-state index in [0.717, 1.165) is 30.0 Å². The van der Waals surface area contributed by atoms with Crippen LogP contribution in [-0.2, 0) is 26.2 Å². The second kappa shape index (κ2) is 14.6. The zero-order chi connectivity index (χ0) is 31.0. The van der Waals surface area contributed by atoms with Gasteiger partial charge in [-0.2, -0.15) is 0 Å². The van der Waals surface area contributed by atoms with E-state index in [0.29, 0.717) is 28.5 Å². The number of hydrogen-bond acceptors (Lipinski definition) is 6. The van der Waals surface area contributed by atoms with Gasteiger partial charge in [0.05, 0.1) is 24.8 Å². The van der Waals surface area contributed by atoms with Gasteiger partial charge in [-0.1, -0.05) is 67.8 Å². The molecule has 0 heterocycles. The Morgan fingerprint density at radius 3 is 2.23 bits per heavy atom. The van der Waals surface area contributed by atoms with E-state index in [9.17, 15) is 18.0 Å². The summed E-state index contributed by atoms with van der Waals surface area (Å²) in [6.45, 7) is 1.29. The summed E-state index contributed by atoms with van der Waals surface area (Å²) < 4.78 is 39.9. The van der Waals surface area contributed by atoms with Gasteiger partial charge in [-0.3, -0.25) is 13.9 Å². The van der Waals surface area contributed by atoms with E-state index < -0.39 is 28.5 Å². The van der Waals surface area contributed by atoms with Gasteiger partial charge < -0.3 is 19.7 Å². The largest absolute Gasteiger partial charge is 0.493 e. The number of amides is 2. The van der Waals surface area contributed by atoms with E-state index >= 15 is 0 Å². The Bertz CT molecular complexity index is 1510. The van der Waals surface area contributed by atoms with Crippen LogP contribution in [-0.4, -0.2) is 58.0 Å². The van der Waals surface area contributed by atoms with E-state index in [4.69, 9.17) is 21.1 Å². The predicted octanol–water partition coefficient (Wildman–Crippen LogP) is 5.42. The van der Waals surface area contributed by atoms with Crippen molar-refractivity contribution >= 4 is 39.1 Å². The fourth-order valence-corrected chi connectivity index (χ4v) is 6.95. The molecule has 0 spiro atoms. The van der Waals surface area contributed by atoms with Crippen molar-refractivity contribution in [1.29, 1.82) is 0 Å². The van der Waals surface area contributed by atoms with Crippen LogP contribution in [0.1, 0.15) is 44.6 Å². The van der Waals surface area contributed by atoms with Gasteiger partial charge >= 0.3 is 0 Å². The first-order chi connectivity index (χ1) is 20.7. The fraction of sp³-hybridized carbons (Fsp3) is 0.375. The molecule has 0 aromatic heterocycles. The lowest BCUT2D eigenvalue weighted by atomic mass is 10.1. The van der Waals surface area contributed by atoms with Crippen LogP contribution in [0.5, 0.6) is 11.5 Å². The maximum atomic E-state index is 14.3. The predicted molar refractivity (Wildman–Crippen MR) is 167 cm³/mol. The van der Waals surface area contributed by atoms with Crippen molar-refractivity contribution in [3.8, 4) is 11.5 Å². The lowest BCUT2D eigenvalue weighted by Crippen LogP contribution is -2.53. The third kappa shape index (κ3) is 7.61. The molecule has 2 amide bonds. The summed E-state index contributed by atoms with van der Waals surface area (Å²) in [5.74, 6) is -0.110. The first-order valence-electron chi connectivity index (χ1n) is 14.3. The molecular weight excluding hydrogens is 590 g/mol. The lowest BCUT2D eigenvalue weighted by Gasteiger charge is -2.34. The number of benzene rings is 3. The molecule has 3 aromatic rings. The van der Waals surface area contributed by atoms with Gasteiger partial charge in [0, 0.05) is 23.7 Å². The van der Waals surface area contributed by atoms with E-state index in [1.165, 1.54) is 37.3 Å². The number of nitrogens with zero attached hydrogens (tertiary/aromatic N) is 2. The number of carbonyl (C=O) groups excluding carboxylic acids is 2. The van der Waals surface area contributed by atoms with Gasteiger partial charge in [0.15, 0.2) is 11.5 Å². The normalized spacial score (nSPS) is 14.1. The molecule has 1 atom stereocenters. The average molecular weight is 628 g/mol. The van der Waals surface area contributed by atoms with Crippen molar-refractivity contribution in [2.24, 2.45) is 0 Å². The second-order valence-corrected chi connectivity index (χ2v) is 12.7. The SMILES string of the molecule is CC[C@H](C(=O)NC1CCCC1)N(Cc1ccccc1Cl)C(=O)CN(c1ccc(OC)c(OC)c1)S(=O)(=O)c1ccccc1. The molecule has 1 aliphatic rings. The van der Waals surface area contributed by atoms with Crippen molar-refractivity contribution in [3.63, 3.8) is 0 Å². The highest BCUT2D eigenvalue weighted by atomic mass is 35.5. The van der Waals surface area contributed by atoms with Crippen LogP contribution in [0.25, 0.3) is 0 Å². The standard InChI is InChI=1S/C32H38ClN3O6S/c1-4-28(32(38)34-24-13-9-10-14-24)35(21-23-12-8-11-17-27(23)33)31(37)22-36(43(39,40)26-15-6-5-7-16-26)25-18-19-29(41-2)30(20-25)42-3/h5-8,11-12,15-20,24,28H,4,9-10,13-14,21-22H2,1-3H3,(H,34,38)/t28-/m1/s1. The minimum Gasteiger partial charge on any atom is -0.493 e. The lowest BCUT2D eigenvalue weighted by molar-refractivity contribution is -0.140. The number of rotatable bonds is 13. The third-order valence-electron chi connectivity index (χ3n) is 7.65. The Morgan fingerprint density at radius 2 is 1.60 bits per heavy atom. The van der Waals surface area contributed by atoms with Crippen LogP contribution in [0, 0.1) is 0 Å². The summed E-state index contributed by atoms with van der Waals surface area (Å²) in [5, 5.41) is 3.55. The molecule has 1 saturated carbocycles. The molecule has 3 aromatic carbocycles. The number of anilines is 1. The summed E-state index contributed by atoms with van der Waals surface area (Å²) in [7, 11) is -1.29. The summed E-state index contributed by atoms with van der Waals surface area (Å²) in [4.78, 5) is 29.3. The molecule has 9 nitrogen and oxygen atoms in total. The maximum Gasteiger partial charge on any atom is 0.264 e. The summed E-state index contributed by atoms with van der Waals surface area (Å²) in [5.41, 5.74) is 0.851. The van der Waals surface area contributed by atoms with E-state index in [1.807, 2.05) is 6.92 Å². The maximum absolute atomic E-state index is 14.3. The highest BCUT2D eigenvalue weighted by molar-refractivity contribution is 7.92. The molecule has 230 valence electrons. The molecule has 0 bridgehead atoms. The summed E-state index contributed by atoms with van der Waals surface area (Å²) in [6.07, 6.45) is 4.20. The highest BCUT2D eigenvalue weighted by Crippen LogP contribution is 2.34. The van der Waals surface area contributed by atoms with Gasteiger partial charge in [0.1, 0.15) is 12.6 Å². The van der Waals surface area contributed by atoms with E-state index in [-0.39, 0.29) is 29.1 Å².